The summed E-state index contributed by atoms with van der Waals surface area (Å²) in [5, 5.41) is 14.9. The number of hydrogen-bond acceptors (Lipinski definition) is 3. The summed E-state index contributed by atoms with van der Waals surface area (Å²) in [6, 6.07) is 4.19. The van der Waals surface area contributed by atoms with Crippen LogP contribution in [0.25, 0.3) is 0 Å². The molecule has 2 rings (SSSR count). The maximum atomic E-state index is 12.1. The first-order chi connectivity index (χ1) is 9.86. The fraction of sp³-hybridized carbons (Fsp3) is 0.429. The van der Waals surface area contributed by atoms with Crippen LogP contribution in [0.5, 0.6) is 5.75 Å². The number of aliphatic carboxylic acids is 1. The van der Waals surface area contributed by atoms with Gasteiger partial charge in [-0.1, -0.05) is 11.6 Å². The topological polar surface area (TPSA) is 87.7 Å². The molecule has 0 heterocycles. The standard InChI is InChI=1S/C14H17ClN2O4/c1-14(12(18)19,8-3-4-8)17-13(20)16-10-7-9(15)5-6-11(10)21-2/h5-8H,3-4H2,1-2H3,(H,18,19)(H2,16,17,20). The SMILES string of the molecule is COc1ccc(Cl)cc1NC(=O)NC(C)(C(=O)O)C1CC1. The lowest BCUT2D eigenvalue weighted by Gasteiger charge is -2.26. The van der Waals surface area contributed by atoms with Gasteiger partial charge in [0.2, 0.25) is 0 Å². The van der Waals surface area contributed by atoms with Crippen LogP contribution in [0.2, 0.25) is 5.02 Å². The number of carbonyl (C=O) groups excluding carboxylic acids is 1. The average molecular weight is 313 g/mol. The van der Waals surface area contributed by atoms with Crippen molar-refractivity contribution in [1.29, 1.82) is 0 Å². The van der Waals surface area contributed by atoms with Crippen molar-refractivity contribution < 1.29 is 19.4 Å². The van der Waals surface area contributed by atoms with E-state index in [1.54, 1.807) is 12.1 Å². The predicted molar refractivity (Wildman–Crippen MR) is 78.9 cm³/mol. The van der Waals surface area contributed by atoms with Gasteiger partial charge in [-0.15, -0.1) is 0 Å². The lowest BCUT2D eigenvalue weighted by molar-refractivity contribution is -0.144. The second kappa shape index (κ2) is 5.81. The number of amides is 2. The molecule has 1 saturated carbocycles. The zero-order valence-electron chi connectivity index (χ0n) is 11.8. The number of anilines is 1. The van der Waals surface area contributed by atoms with E-state index in [1.165, 1.54) is 20.1 Å². The maximum absolute atomic E-state index is 12.1. The minimum atomic E-state index is -1.27. The third-order valence-electron chi connectivity index (χ3n) is 3.62. The lowest BCUT2D eigenvalue weighted by atomic mass is 9.96. The van der Waals surface area contributed by atoms with Crippen LogP contribution in [0, 0.1) is 5.92 Å². The van der Waals surface area contributed by atoms with E-state index >= 15 is 0 Å². The normalized spacial score (nSPS) is 16.7. The number of halogens is 1. The van der Waals surface area contributed by atoms with Crippen molar-refractivity contribution >= 4 is 29.3 Å². The van der Waals surface area contributed by atoms with Crippen LogP contribution in [0.3, 0.4) is 0 Å². The van der Waals surface area contributed by atoms with Crippen LogP contribution >= 0.6 is 11.6 Å². The van der Waals surface area contributed by atoms with E-state index in [0.717, 1.165) is 12.8 Å². The molecule has 3 N–H and O–H groups in total. The molecular formula is C14H17ClN2O4. The number of urea groups is 1. The molecule has 1 aliphatic rings. The summed E-state index contributed by atoms with van der Waals surface area (Å²) in [5.74, 6) is -0.641. The summed E-state index contributed by atoms with van der Waals surface area (Å²) in [5.41, 5.74) is -0.887. The second-order valence-electron chi connectivity index (χ2n) is 5.21. The number of carboxylic acids is 1. The summed E-state index contributed by atoms with van der Waals surface area (Å²) in [4.78, 5) is 23.4. The Balaban J connectivity index is 2.11. The van der Waals surface area contributed by atoms with Gasteiger partial charge in [-0.25, -0.2) is 9.59 Å². The number of benzene rings is 1. The summed E-state index contributed by atoms with van der Waals surface area (Å²) >= 11 is 5.88. The summed E-state index contributed by atoms with van der Waals surface area (Å²) in [7, 11) is 1.47. The van der Waals surface area contributed by atoms with Gasteiger partial charge in [0.05, 0.1) is 12.8 Å². The molecule has 1 aromatic carbocycles. The maximum Gasteiger partial charge on any atom is 0.329 e. The highest BCUT2D eigenvalue weighted by molar-refractivity contribution is 6.31. The Morgan fingerprint density at radius 2 is 2.10 bits per heavy atom. The largest absolute Gasteiger partial charge is 0.495 e. The first kappa shape index (κ1) is 15.4. The van der Waals surface area contributed by atoms with Gasteiger partial charge in [0, 0.05) is 5.02 Å². The Morgan fingerprint density at radius 1 is 1.43 bits per heavy atom. The van der Waals surface area contributed by atoms with E-state index in [2.05, 4.69) is 10.6 Å². The molecule has 1 atom stereocenters. The molecule has 0 aromatic heterocycles. The van der Waals surface area contributed by atoms with Crippen molar-refractivity contribution in [3.8, 4) is 5.75 Å². The zero-order valence-corrected chi connectivity index (χ0v) is 12.5. The smallest absolute Gasteiger partial charge is 0.329 e. The second-order valence-corrected chi connectivity index (χ2v) is 5.64. The van der Waals surface area contributed by atoms with Gasteiger partial charge in [-0.3, -0.25) is 0 Å². The molecule has 7 heteroatoms. The molecule has 6 nitrogen and oxygen atoms in total. The van der Waals surface area contributed by atoms with Crippen molar-refractivity contribution in [2.45, 2.75) is 25.3 Å². The quantitative estimate of drug-likeness (QED) is 0.780. The van der Waals surface area contributed by atoms with E-state index in [9.17, 15) is 14.7 Å². The van der Waals surface area contributed by atoms with Crippen LogP contribution in [-0.2, 0) is 4.79 Å². The van der Waals surface area contributed by atoms with Crippen LogP contribution in [0.4, 0.5) is 10.5 Å². The predicted octanol–water partition coefficient (Wildman–Crippen LogP) is 2.72. The number of nitrogens with one attached hydrogen (secondary N) is 2. The molecule has 1 unspecified atom stereocenters. The van der Waals surface area contributed by atoms with E-state index in [1.807, 2.05) is 0 Å². The van der Waals surface area contributed by atoms with Gasteiger partial charge in [-0.2, -0.15) is 0 Å². The summed E-state index contributed by atoms with van der Waals surface area (Å²) in [6.45, 7) is 1.52. The van der Waals surface area contributed by atoms with Crippen molar-refractivity contribution in [3.63, 3.8) is 0 Å². The average Bonchev–Trinajstić information content (AvgIpc) is 3.23. The number of hydrogen-bond donors (Lipinski definition) is 3. The molecule has 1 aliphatic carbocycles. The molecular weight excluding hydrogens is 296 g/mol. The minimum Gasteiger partial charge on any atom is -0.495 e. The zero-order chi connectivity index (χ0) is 15.6. The van der Waals surface area contributed by atoms with Crippen LogP contribution in [0.15, 0.2) is 18.2 Å². The number of ether oxygens (including phenoxy) is 1. The Labute approximate surface area is 127 Å². The lowest BCUT2D eigenvalue weighted by Crippen LogP contribution is -2.55. The Hall–Kier alpha value is -1.95. The van der Waals surface area contributed by atoms with Gasteiger partial charge in [0.15, 0.2) is 0 Å². The first-order valence-electron chi connectivity index (χ1n) is 6.53. The summed E-state index contributed by atoms with van der Waals surface area (Å²) in [6.07, 6.45) is 1.59. The van der Waals surface area contributed by atoms with Gasteiger partial charge in [0.1, 0.15) is 11.3 Å². The van der Waals surface area contributed by atoms with E-state index in [0.29, 0.717) is 16.5 Å². The third-order valence-corrected chi connectivity index (χ3v) is 3.86. The molecule has 0 spiro atoms. The number of methoxy groups -OCH3 is 1. The molecule has 0 radical (unpaired) electrons. The van der Waals surface area contributed by atoms with Crippen LogP contribution < -0.4 is 15.4 Å². The van der Waals surface area contributed by atoms with Gasteiger partial charge in [0.25, 0.3) is 0 Å². The molecule has 114 valence electrons. The number of carbonyl (C=O) groups is 2. The Bertz CT molecular complexity index is 574. The highest BCUT2D eigenvalue weighted by atomic mass is 35.5. The Kier molecular flexibility index (Phi) is 4.27. The monoisotopic (exact) mass is 312 g/mol. The molecule has 0 saturated heterocycles. The van der Waals surface area contributed by atoms with Crippen LogP contribution in [0.1, 0.15) is 19.8 Å². The molecule has 2 amide bonds. The van der Waals surface area contributed by atoms with Gasteiger partial charge < -0.3 is 20.5 Å². The fourth-order valence-corrected chi connectivity index (χ4v) is 2.33. The molecule has 0 bridgehead atoms. The molecule has 0 aliphatic heterocycles. The highest BCUT2D eigenvalue weighted by Gasteiger charge is 2.48. The molecule has 1 fully saturated rings. The first-order valence-corrected chi connectivity index (χ1v) is 6.90. The number of carboxylic acid groups (broad SMARTS) is 1. The van der Waals surface area contributed by atoms with Crippen molar-refractivity contribution in [3.05, 3.63) is 23.2 Å². The van der Waals surface area contributed by atoms with Crippen molar-refractivity contribution in [2.24, 2.45) is 5.92 Å². The Morgan fingerprint density at radius 3 is 2.62 bits per heavy atom. The van der Waals surface area contributed by atoms with E-state index in [-0.39, 0.29) is 5.92 Å². The van der Waals surface area contributed by atoms with Crippen molar-refractivity contribution in [2.75, 3.05) is 12.4 Å². The van der Waals surface area contributed by atoms with Gasteiger partial charge >= 0.3 is 12.0 Å². The van der Waals surface area contributed by atoms with Crippen LogP contribution in [-0.4, -0.2) is 29.8 Å². The molecule has 21 heavy (non-hydrogen) atoms. The minimum absolute atomic E-state index is 0.0398. The molecule has 1 aromatic rings. The summed E-state index contributed by atoms with van der Waals surface area (Å²) < 4.78 is 5.12. The van der Waals surface area contributed by atoms with E-state index in [4.69, 9.17) is 16.3 Å². The number of rotatable bonds is 5. The van der Waals surface area contributed by atoms with E-state index < -0.39 is 17.5 Å². The fourth-order valence-electron chi connectivity index (χ4n) is 2.16. The highest BCUT2D eigenvalue weighted by Crippen LogP contribution is 2.39. The van der Waals surface area contributed by atoms with Crippen molar-refractivity contribution in [1.82, 2.24) is 5.32 Å². The van der Waals surface area contributed by atoms with Gasteiger partial charge in [-0.05, 0) is 43.9 Å². The third kappa shape index (κ3) is 3.39.